The summed E-state index contributed by atoms with van der Waals surface area (Å²) in [7, 11) is 0. The van der Waals surface area contributed by atoms with E-state index in [0.717, 1.165) is 6.42 Å². The van der Waals surface area contributed by atoms with Crippen molar-refractivity contribution in [2.75, 3.05) is 5.32 Å². The van der Waals surface area contributed by atoms with Crippen molar-refractivity contribution in [3.05, 3.63) is 59.9 Å². The molecule has 1 aromatic carbocycles. The van der Waals surface area contributed by atoms with Crippen LogP contribution in [0, 0.1) is 0 Å². The Balaban J connectivity index is 2.08. The standard InChI is InChI=1S/C17H19N3O2/c1-3-12(2)19-16(21)13-6-4-8-15(10-13)20-17(22)14-7-5-9-18-11-14/h4-12H,3H2,1-2H3,(H,19,21)(H,20,22). The van der Waals surface area contributed by atoms with E-state index in [1.54, 1.807) is 42.6 Å². The van der Waals surface area contributed by atoms with Gasteiger partial charge in [-0.3, -0.25) is 14.6 Å². The molecule has 1 unspecified atom stereocenters. The average molecular weight is 297 g/mol. The molecule has 114 valence electrons. The van der Waals surface area contributed by atoms with Crippen LogP contribution in [0.4, 0.5) is 5.69 Å². The Bertz CT molecular complexity index is 656. The molecule has 0 aliphatic carbocycles. The second-order valence-corrected chi connectivity index (χ2v) is 5.06. The minimum Gasteiger partial charge on any atom is -0.350 e. The minimum absolute atomic E-state index is 0.112. The summed E-state index contributed by atoms with van der Waals surface area (Å²) in [5.74, 6) is -0.403. The van der Waals surface area contributed by atoms with Crippen molar-refractivity contribution in [1.82, 2.24) is 10.3 Å². The van der Waals surface area contributed by atoms with Gasteiger partial charge in [0.1, 0.15) is 0 Å². The van der Waals surface area contributed by atoms with E-state index in [1.807, 2.05) is 13.8 Å². The quantitative estimate of drug-likeness (QED) is 0.891. The van der Waals surface area contributed by atoms with Crippen molar-refractivity contribution in [1.29, 1.82) is 0 Å². The first kappa shape index (κ1) is 15.7. The van der Waals surface area contributed by atoms with E-state index >= 15 is 0 Å². The van der Waals surface area contributed by atoms with Crippen LogP contribution in [0.15, 0.2) is 48.8 Å². The van der Waals surface area contributed by atoms with Crippen molar-refractivity contribution in [3.8, 4) is 0 Å². The van der Waals surface area contributed by atoms with Crippen molar-refractivity contribution in [3.63, 3.8) is 0 Å². The summed E-state index contributed by atoms with van der Waals surface area (Å²) in [5, 5.41) is 5.66. The molecule has 0 aliphatic rings. The molecule has 0 radical (unpaired) electrons. The molecule has 2 amide bonds. The molecule has 1 aromatic heterocycles. The zero-order valence-electron chi connectivity index (χ0n) is 12.7. The van der Waals surface area contributed by atoms with Crippen molar-refractivity contribution in [2.24, 2.45) is 0 Å². The first-order chi connectivity index (χ1) is 10.6. The van der Waals surface area contributed by atoms with Crippen molar-refractivity contribution >= 4 is 17.5 Å². The molecule has 2 aromatic rings. The highest BCUT2D eigenvalue weighted by atomic mass is 16.2. The van der Waals surface area contributed by atoms with Gasteiger partial charge in [-0.05, 0) is 43.7 Å². The third kappa shape index (κ3) is 4.15. The first-order valence-corrected chi connectivity index (χ1v) is 7.22. The maximum absolute atomic E-state index is 12.1. The lowest BCUT2D eigenvalue weighted by Gasteiger charge is -2.12. The van der Waals surface area contributed by atoms with E-state index in [9.17, 15) is 9.59 Å². The van der Waals surface area contributed by atoms with Gasteiger partial charge in [0.15, 0.2) is 0 Å². The number of nitrogens with zero attached hydrogens (tertiary/aromatic N) is 1. The molecule has 22 heavy (non-hydrogen) atoms. The summed E-state index contributed by atoms with van der Waals surface area (Å²) < 4.78 is 0. The molecular formula is C17H19N3O2. The summed E-state index contributed by atoms with van der Waals surface area (Å²) in [6.45, 7) is 3.96. The van der Waals surface area contributed by atoms with Crippen LogP contribution in [-0.4, -0.2) is 22.8 Å². The van der Waals surface area contributed by atoms with E-state index in [2.05, 4.69) is 15.6 Å². The summed E-state index contributed by atoms with van der Waals surface area (Å²) in [6, 6.07) is 10.4. The number of amides is 2. The van der Waals surface area contributed by atoms with E-state index < -0.39 is 0 Å². The molecule has 0 aliphatic heterocycles. The lowest BCUT2D eigenvalue weighted by molar-refractivity contribution is 0.0938. The van der Waals surface area contributed by atoms with Crippen LogP contribution in [0.5, 0.6) is 0 Å². The third-order valence-corrected chi connectivity index (χ3v) is 3.30. The van der Waals surface area contributed by atoms with E-state index in [0.29, 0.717) is 16.8 Å². The van der Waals surface area contributed by atoms with Gasteiger partial charge in [0.2, 0.25) is 0 Å². The van der Waals surface area contributed by atoms with Crippen LogP contribution in [0.3, 0.4) is 0 Å². The monoisotopic (exact) mass is 297 g/mol. The summed E-state index contributed by atoms with van der Waals surface area (Å²) in [5.41, 5.74) is 1.56. The smallest absolute Gasteiger partial charge is 0.257 e. The Hall–Kier alpha value is -2.69. The van der Waals surface area contributed by atoms with Gasteiger partial charge in [-0.1, -0.05) is 13.0 Å². The van der Waals surface area contributed by atoms with Crippen LogP contribution >= 0.6 is 0 Å². The number of hydrogen-bond donors (Lipinski definition) is 2. The normalized spacial score (nSPS) is 11.5. The third-order valence-electron chi connectivity index (χ3n) is 3.30. The molecule has 2 N–H and O–H groups in total. The van der Waals surface area contributed by atoms with Gasteiger partial charge >= 0.3 is 0 Å². The van der Waals surface area contributed by atoms with E-state index in [-0.39, 0.29) is 17.9 Å². The minimum atomic E-state index is -0.257. The molecule has 5 nitrogen and oxygen atoms in total. The number of carbonyl (C=O) groups excluding carboxylic acids is 2. The van der Waals surface area contributed by atoms with Crippen LogP contribution < -0.4 is 10.6 Å². The molecule has 1 heterocycles. The molecule has 1 atom stereocenters. The molecule has 0 saturated heterocycles. The van der Waals surface area contributed by atoms with Gasteiger partial charge in [-0.25, -0.2) is 0 Å². The first-order valence-electron chi connectivity index (χ1n) is 7.22. The van der Waals surface area contributed by atoms with Crippen LogP contribution in [0.1, 0.15) is 41.0 Å². The predicted molar refractivity (Wildman–Crippen MR) is 85.9 cm³/mol. The van der Waals surface area contributed by atoms with Gasteiger partial charge < -0.3 is 10.6 Å². The van der Waals surface area contributed by atoms with Gasteiger partial charge in [-0.15, -0.1) is 0 Å². The zero-order valence-corrected chi connectivity index (χ0v) is 12.7. The molecule has 5 heteroatoms. The molecule has 0 saturated carbocycles. The molecule has 0 fully saturated rings. The van der Waals surface area contributed by atoms with Gasteiger partial charge in [0.25, 0.3) is 11.8 Å². The van der Waals surface area contributed by atoms with Gasteiger partial charge in [0, 0.05) is 29.7 Å². The molecule has 2 rings (SSSR count). The number of pyridine rings is 1. The van der Waals surface area contributed by atoms with E-state index in [1.165, 1.54) is 6.20 Å². The second-order valence-electron chi connectivity index (χ2n) is 5.06. The highest BCUT2D eigenvalue weighted by Gasteiger charge is 2.10. The van der Waals surface area contributed by atoms with Gasteiger partial charge in [0.05, 0.1) is 5.56 Å². The SMILES string of the molecule is CCC(C)NC(=O)c1cccc(NC(=O)c2cccnc2)c1. The van der Waals surface area contributed by atoms with E-state index in [4.69, 9.17) is 0 Å². The zero-order chi connectivity index (χ0) is 15.9. The average Bonchev–Trinajstić information content (AvgIpc) is 2.55. The second kappa shape index (κ2) is 7.36. The predicted octanol–water partition coefficient (Wildman–Crippen LogP) is 2.86. The lowest BCUT2D eigenvalue weighted by atomic mass is 10.1. The van der Waals surface area contributed by atoms with Crippen molar-refractivity contribution in [2.45, 2.75) is 26.3 Å². The highest BCUT2D eigenvalue weighted by Crippen LogP contribution is 2.12. The maximum atomic E-state index is 12.1. The lowest BCUT2D eigenvalue weighted by Crippen LogP contribution is -2.31. The molecular weight excluding hydrogens is 278 g/mol. The Morgan fingerprint density at radius 3 is 2.59 bits per heavy atom. The fourth-order valence-corrected chi connectivity index (χ4v) is 1.85. The number of anilines is 1. The summed E-state index contributed by atoms with van der Waals surface area (Å²) >= 11 is 0. The number of aromatic nitrogens is 1. The highest BCUT2D eigenvalue weighted by molar-refractivity contribution is 6.04. The number of benzene rings is 1. The fraction of sp³-hybridized carbons (Fsp3) is 0.235. The Morgan fingerprint density at radius 2 is 1.91 bits per heavy atom. The topological polar surface area (TPSA) is 71.1 Å². The molecule has 0 spiro atoms. The number of nitrogens with one attached hydrogen (secondary N) is 2. The maximum Gasteiger partial charge on any atom is 0.257 e. The number of carbonyl (C=O) groups is 2. The van der Waals surface area contributed by atoms with Crippen LogP contribution in [0.25, 0.3) is 0 Å². The van der Waals surface area contributed by atoms with Crippen LogP contribution in [0.2, 0.25) is 0 Å². The molecule has 0 bridgehead atoms. The fourth-order valence-electron chi connectivity index (χ4n) is 1.85. The number of rotatable bonds is 5. The van der Waals surface area contributed by atoms with Crippen LogP contribution in [-0.2, 0) is 0 Å². The summed E-state index contributed by atoms with van der Waals surface area (Å²) in [6.07, 6.45) is 3.97. The van der Waals surface area contributed by atoms with Gasteiger partial charge in [-0.2, -0.15) is 0 Å². The largest absolute Gasteiger partial charge is 0.350 e. The Kier molecular flexibility index (Phi) is 5.25. The Morgan fingerprint density at radius 1 is 1.14 bits per heavy atom. The number of hydrogen-bond acceptors (Lipinski definition) is 3. The van der Waals surface area contributed by atoms with Crippen molar-refractivity contribution < 1.29 is 9.59 Å². The Labute approximate surface area is 129 Å². The summed E-state index contributed by atoms with van der Waals surface area (Å²) in [4.78, 5) is 28.1.